The number of aromatic nitrogens is 2. The minimum atomic E-state index is 0.0528. The molecule has 0 aliphatic rings. The molecule has 1 amide bonds. The lowest BCUT2D eigenvalue weighted by Gasteiger charge is -2.04. The molecule has 5 heteroatoms. The van der Waals surface area contributed by atoms with Gasteiger partial charge in [0, 0.05) is 25.8 Å². The maximum absolute atomic E-state index is 11.4. The van der Waals surface area contributed by atoms with Crippen LogP contribution in [0, 0.1) is 13.8 Å². The van der Waals surface area contributed by atoms with Crippen LogP contribution in [-0.2, 0) is 16.0 Å². The lowest BCUT2D eigenvalue weighted by Crippen LogP contribution is -2.27. The zero-order valence-electron chi connectivity index (χ0n) is 10.1. The fraction of sp³-hybridized carbons (Fsp3) is 0.636. The highest BCUT2D eigenvalue weighted by atomic mass is 16.5. The predicted molar refractivity (Wildman–Crippen MR) is 61.3 cm³/mol. The predicted octanol–water partition coefficient (Wildman–Crippen LogP) is 0.722. The Kier molecular flexibility index (Phi) is 4.98. The molecule has 0 spiro atoms. The monoisotopic (exact) mass is 225 g/mol. The van der Waals surface area contributed by atoms with E-state index >= 15 is 0 Å². The number of aryl methyl sites for hydroxylation is 2. The van der Waals surface area contributed by atoms with Gasteiger partial charge in [0.2, 0.25) is 5.91 Å². The summed E-state index contributed by atoms with van der Waals surface area (Å²) in [6, 6.07) is 0. The van der Waals surface area contributed by atoms with Gasteiger partial charge in [-0.1, -0.05) is 0 Å². The van der Waals surface area contributed by atoms with Gasteiger partial charge >= 0.3 is 0 Å². The average Bonchev–Trinajstić information content (AvgIpc) is 2.57. The van der Waals surface area contributed by atoms with Crippen LogP contribution in [0.4, 0.5) is 0 Å². The first-order chi connectivity index (χ1) is 7.65. The summed E-state index contributed by atoms with van der Waals surface area (Å²) in [5.41, 5.74) is 3.16. The average molecular weight is 225 g/mol. The fourth-order valence-electron chi connectivity index (χ4n) is 1.56. The highest BCUT2D eigenvalue weighted by Gasteiger charge is 2.08. The molecule has 0 saturated carbocycles. The first kappa shape index (κ1) is 12.7. The van der Waals surface area contributed by atoms with Crippen LogP contribution in [0.2, 0.25) is 0 Å². The number of nitrogens with one attached hydrogen (secondary N) is 2. The van der Waals surface area contributed by atoms with E-state index in [4.69, 9.17) is 4.74 Å². The molecular formula is C11H19N3O2. The van der Waals surface area contributed by atoms with Crippen molar-refractivity contribution in [2.75, 3.05) is 20.3 Å². The van der Waals surface area contributed by atoms with Gasteiger partial charge in [0.05, 0.1) is 12.3 Å². The van der Waals surface area contributed by atoms with Crippen molar-refractivity contribution in [2.24, 2.45) is 0 Å². The standard InChI is InChI=1S/C11H19N3O2/c1-8-10(9(2)14-13-8)4-5-11(15)12-6-7-16-3/h4-7H2,1-3H3,(H,12,15)(H,13,14). The Morgan fingerprint density at radius 1 is 1.50 bits per heavy atom. The molecule has 5 nitrogen and oxygen atoms in total. The van der Waals surface area contributed by atoms with Gasteiger partial charge in [-0.3, -0.25) is 9.89 Å². The second kappa shape index (κ2) is 6.27. The van der Waals surface area contributed by atoms with E-state index in [1.54, 1.807) is 7.11 Å². The molecule has 1 aromatic rings. The highest BCUT2D eigenvalue weighted by molar-refractivity contribution is 5.76. The Balaban J connectivity index is 2.32. The summed E-state index contributed by atoms with van der Waals surface area (Å²) in [5.74, 6) is 0.0528. The minimum Gasteiger partial charge on any atom is -0.383 e. The molecule has 1 heterocycles. The number of amides is 1. The van der Waals surface area contributed by atoms with Crippen LogP contribution in [0.25, 0.3) is 0 Å². The Hall–Kier alpha value is -1.36. The van der Waals surface area contributed by atoms with Crippen molar-refractivity contribution in [3.63, 3.8) is 0 Å². The van der Waals surface area contributed by atoms with Gasteiger partial charge in [-0.2, -0.15) is 5.10 Å². The van der Waals surface area contributed by atoms with E-state index in [0.717, 1.165) is 23.4 Å². The summed E-state index contributed by atoms with van der Waals surface area (Å²) in [6.45, 7) is 5.04. The molecule has 0 saturated heterocycles. The van der Waals surface area contributed by atoms with E-state index in [1.807, 2.05) is 13.8 Å². The van der Waals surface area contributed by atoms with Crippen LogP contribution in [0.5, 0.6) is 0 Å². The first-order valence-electron chi connectivity index (χ1n) is 5.41. The fourth-order valence-corrected chi connectivity index (χ4v) is 1.56. The Morgan fingerprint density at radius 3 is 2.81 bits per heavy atom. The quantitative estimate of drug-likeness (QED) is 0.701. The van der Waals surface area contributed by atoms with Crippen LogP contribution in [0.3, 0.4) is 0 Å². The van der Waals surface area contributed by atoms with Crippen molar-refractivity contribution in [3.8, 4) is 0 Å². The molecule has 1 rings (SSSR count). The number of ether oxygens (including phenoxy) is 1. The summed E-state index contributed by atoms with van der Waals surface area (Å²) < 4.78 is 4.85. The van der Waals surface area contributed by atoms with Crippen molar-refractivity contribution < 1.29 is 9.53 Å². The lowest BCUT2D eigenvalue weighted by molar-refractivity contribution is -0.121. The molecule has 16 heavy (non-hydrogen) atoms. The topological polar surface area (TPSA) is 67.0 Å². The van der Waals surface area contributed by atoms with E-state index in [2.05, 4.69) is 15.5 Å². The number of H-pyrrole nitrogens is 1. The Bertz CT molecular complexity index is 327. The van der Waals surface area contributed by atoms with Crippen LogP contribution in [0.1, 0.15) is 23.4 Å². The normalized spacial score (nSPS) is 10.4. The van der Waals surface area contributed by atoms with E-state index in [-0.39, 0.29) is 5.91 Å². The van der Waals surface area contributed by atoms with Crippen LogP contribution in [-0.4, -0.2) is 36.4 Å². The van der Waals surface area contributed by atoms with E-state index in [1.165, 1.54) is 0 Å². The number of aromatic amines is 1. The summed E-state index contributed by atoms with van der Waals surface area (Å²) in [5, 5.41) is 9.79. The van der Waals surface area contributed by atoms with Crippen molar-refractivity contribution >= 4 is 5.91 Å². The first-order valence-corrected chi connectivity index (χ1v) is 5.41. The summed E-state index contributed by atoms with van der Waals surface area (Å²) >= 11 is 0. The summed E-state index contributed by atoms with van der Waals surface area (Å²) in [4.78, 5) is 11.4. The van der Waals surface area contributed by atoms with E-state index in [0.29, 0.717) is 19.6 Å². The van der Waals surface area contributed by atoms with Crippen molar-refractivity contribution in [1.29, 1.82) is 0 Å². The van der Waals surface area contributed by atoms with Gasteiger partial charge in [-0.15, -0.1) is 0 Å². The van der Waals surface area contributed by atoms with Gasteiger partial charge in [-0.05, 0) is 25.8 Å². The van der Waals surface area contributed by atoms with Gasteiger partial charge in [0.25, 0.3) is 0 Å². The molecular weight excluding hydrogens is 206 g/mol. The van der Waals surface area contributed by atoms with Crippen molar-refractivity contribution in [2.45, 2.75) is 26.7 Å². The molecule has 0 aliphatic heterocycles. The molecule has 0 radical (unpaired) electrons. The minimum absolute atomic E-state index is 0.0528. The molecule has 90 valence electrons. The largest absolute Gasteiger partial charge is 0.383 e. The smallest absolute Gasteiger partial charge is 0.220 e. The number of methoxy groups -OCH3 is 1. The molecule has 0 atom stereocenters. The molecule has 2 N–H and O–H groups in total. The maximum atomic E-state index is 11.4. The molecule has 0 unspecified atom stereocenters. The lowest BCUT2D eigenvalue weighted by atomic mass is 10.1. The zero-order valence-corrected chi connectivity index (χ0v) is 10.1. The Morgan fingerprint density at radius 2 is 2.25 bits per heavy atom. The van der Waals surface area contributed by atoms with Gasteiger partial charge in [0.15, 0.2) is 0 Å². The molecule has 0 aromatic carbocycles. The second-order valence-corrected chi connectivity index (χ2v) is 3.76. The van der Waals surface area contributed by atoms with Crippen molar-refractivity contribution in [3.05, 3.63) is 17.0 Å². The molecule has 0 aliphatic carbocycles. The third-order valence-corrected chi connectivity index (χ3v) is 2.51. The van der Waals surface area contributed by atoms with Crippen LogP contribution >= 0.6 is 0 Å². The molecule has 1 aromatic heterocycles. The number of hydrogen-bond acceptors (Lipinski definition) is 3. The van der Waals surface area contributed by atoms with Crippen molar-refractivity contribution in [1.82, 2.24) is 15.5 Å². The SMILES string of the molecule is COCCNC(=O)CCc1c(C)n[nH]c1C. The molecule has 0 bridgehead atoms. The second-order valence-electron chi connectivity index (χ2n) is 3.76. The zero-order chi connectivity index (χ0) is 12.0. The number of nitrogens with zero attached hydrogens (tertiary/aromatic N) is 1. The van der Waals surface area contributed by atoms with Gasteiger partial charge < -0.3 is 10.1 Å². The van der Waals surface area contributed by atoms with E-state index in [9.17, 15) is 4.79 Å². The number of carbonyl (C=O) groups excluding carboxylic acids is 1. The number of carbonyl (C=O) groups is 1. The van der Waals surface area contributed by atoms with Crippen LogP contribution < -0.4 is 5.32 Å². The third-order valence-electron chi connectivity index (χ3n) is 2.51. The van der Waals surface area contributed by atoms with Gasteiger partial charge in [0.1, 0.15) is 0 Å². The van der Waals surface area contributed by atoms with Gasteiger partial charge in [-0.25, -0.2) is 0 Å². The maximum Gasteiger partial charge on any atom is 0.220 e. The number of rotatable bonds is 6. The Labute approximate surface area is 95.6 Å². The molecule has 0 fully saturated rings. The summed E-state index contributed by atoms with van der Waals surface area (Å²) in [6.07, 6.45) is 1.22. The van der Waals surface area contributed by atoms with E-state index < -0.39 is 0 Å². The summed E-state index contributed by atoms with van der Waals surface area (Å²) in [7, 11) is 1.62. The van der Waals surface area contributed by atoms with Crippen LogP contribution in [0.15, 0.2) is 0 Å². The highest BCUT2D eigenvalue weighted by Crippen LogP contribution is 2.11. The number of hydrogen-bond donors (Lipinski definition) is 2. The third kappa shape index (κ3) is 3.66.